The zero-order valence-corrected chi connectivity index (χ0v) is 9.94. The summed E-state index contributed by atoms with van der Waals surface area (Å²) in [7, 11) is 1.81. The number of carbonyl (C=O) groups is 1. The summed E-state index contributed by atoms with van der Waals surface area (Å²) in [6.07, 6.45) is 5.28. The van der Waals surface area contributed by atoms with Gasteiger partial charge in [0.25, 0.3) is 0 Å². The first-order valence-electron chi connectivity index (χ1n) is 5.58. The van der Waals surface area contributed by atoms with Gasteiger partial charge in [0.1, 0.15) is 0 Å². The molecule has 5 nitrogen and oxygen atoms in total. The lowest BCUT2D eigenvalue weighted by molar-refractivity contribution is -0.134. The van der Waals surface area contributed by atoms with Gasteiger partial charge in [-0.05, 0) is 19.4 Å². The van der Waals surface area contributed by atoms with Crippen LogP contribution in [0.4, 0.5) is 0 Å². The molecular formula is C11H20N4O. The summed E-state index contributed by atoms with van der Waals surface area (Å²) < 4.78 is 0. The van der Waals surface area contributed by atoms with E-state index in [-0.39, 0.29) is 11.8 Å². The lowest BCUT2D eigenvalue weighted by Gasteiger charge is -2.20. The Bertz CT molecular complexity index is 310. The van der Waals surface area contributed by atoms with E-state index < -0.39 is 0 Å². The minimum Gasteiger partial charge on any atom is -0.341 e. The molecule has 0 aliphatic carbocycles. The van der Waals surface area contributed by atoms with Crippen molar-refractivity contribution in [1.82, 2.24) is 15.1 Å². The third kappa shape index (κ3) is 3.66. The molecule has 1 aromatic rings. The van der Waals surface area contributed by atoms with Crippen molar-refractivity contribution < 1.29 is 4.79 Å². The Morgan fingerprint density at radius 1 is 1.69 bits per heavy atom. The Hall–Kier alpha value is -1.36. The Balaban J connectivity index is 2.41. The summed E-state index contributed by atoms with van der Waals surface area (Å²) in [6.45, 7) is 3.19. The number of nitrogens with zero attached hydrogens (tertiary/aromatic N) is 2. The van der Waals surface area contributed by atoms with Crippen LogP contribution in [0.15, 0.2) is 12.4 Å². The van der Waals surface area contributed by atoms with Gasteiger partial charge in [0.2, 0.25) is 5.91 Å². The van der Waals surface area contributed by atoms with E-state index in [9.17, 15) is 4.79 Å². The van der Waals surface area contributed by atoms with Crippen LogP contribution in [0.1, 0.15) is 25.3 Å². The van der Waals surface area contributed by atoms with Crippen LogP contribution in [0.5, 0.6) is 0 Å². The first kappa shape index (κ1) is 12.7. The van der Waals surface area contributed by atoms with E-state index in [4.69, 9.17) is 5.73 Å². The fourth-order valence-electron chi connectivity index (χ4n) is 1.64. The van der Waals surface area contributed by atoms with Crippen molar-refractivity contribution in [2.24, 2.45) is 11.7 Å². The quantitative estimate of drug-likeness (QED) is 0.748. The molecule has 0 radical (unpaired) electrons. The molecule has 1 rings (SSSR count). The van der Waals surface area contributed by atoms with Gasteiger partial charge in [0.15, 0.2) is 0 Å². The second-order valence-corrected chi connectivity index (χ2v) is 4.13. The van der Waals surface area contributed by atoms with Crippen LogP contribution in [0.3, 0.4) is 0 Å². The molecule has 90 valence electrons. The van der Waals surface area contributed by atoms with Crippen molar-refractivity contribution in [3.63, 3.8) is 0 Å². The molecule has 5 heteroatoms. The molecule has 1 heterocycles. The average Bonchev–Trinajstić information content (AvgIpc) is 2.77. The van der Waals surface area contributed by atoms with E-state index in [1.807, 2.05) is 14.0 Å². The lowest BCUT2D eigenvalue weighted by atomic mass is 10.0. The summed E-state index contributed by atoms with van der Waals surface area (Å²) >= 11 is 0. The van der Waals surface area contributed by atoms with Crippen LogP contribution < -0.4 is 5.73 Å². The molecular weight excluding hydrogens is 204 g/mol. The lowest BCUT2D eigenvalue weighted by Crippen LogP contribution is -2.31. The number of H-pyrrole nitrogens is 1. The molecule has 0 fully saturated rings. The number of aromatic nitrogens is 2. The van der Waals surface area contributed by atoms with Gasteiger partial charge in [0.05, 0.1) is 6.20 Å². The van der Waals surface area contributed by atoms with Crippen LogP contribution in [0, 0.1) is 5.92 Å². The summed E-state index contributed by atoms with van der Waals surface area (Å²) in [5.41, 5.74) is 6.44. The first-order valence-corrected chi connectivity index (χ1v) is 5.58. The molecule has 0 aliphatic rings. The van der Waals surface area contributed by atoms with Crippen molar-refractivity contribution in [1.29, 1.82) is 0 Å². The van der Waals surface area contributed by atoms with Gasteiger partial charge < -0.3 is 10.6 Å². The molecule has 0 saturated carbocycles. The minimum atomic E-state index is 0.0421. The fourth-order valence-corrected chi connectivity index (χ4v) is 1.64. The molecule has 16 heavy (non-hydrogen) atoms. The number of aromatic amines is 1. The normalized spacial score (nSPS) is 12.4. The molecule has 1 atom stereocenters. The Kier molecular flexibility index (Phi) is 4.98. The van der Waals surface area contributed by atoms with E-state index in [1.54, 1.807) is 17.3 Å². The van der Waals surface area contributed by atoms with Gasteiger partial charge in [-0.3, -0.25) is 9.89 Å². The number of rotatable bonds is 6. The maximum absolute atomic E-state index is 11.9. The minimum absolute atomic E-state index is 0.0421. The smallest absolute Gasteiger partial charge is 0.225 e. The summed E-state index contributed by atoms with van der Waals surface area (Å²) in [6, 6.07) is 0. The Labute approximate surface area is 96.0 Å². The molecule has 0 bridgehead atoms. The highest BCUT2D eigenvalue weighted by Gasteiger charge is 2.17. The SMILES string of the molecule is CC(CCCN)C(=O)N(C)Cc1cn[nH]c1. The zero-order chi connectivity index (χ0) is 12.0. The molecule has 0 aromatic carbocycles. The van der Waals surface area contributed by atoms with Crippen molar-refractivity contribution in [3.8, 4) is 0 Å². The van der Waals surface area contributed by atoms with Crippen LogP contribution >= 0.6 is 0 Å². The largest absolute Gasteiger partial charge is 0.341 e. The zero-order valence-electron chi connectivity index (χ0n) is 9.94. The number of carbonyl (C=O) groups excluding carboxylic acids is 1. The molecule has 1 unspecified atom stereocenters. The van der Waals surface area contributed by atoms with Gasteiger partial charge >= 0.3 is 0 Å². The van der Waals surface area contributed by atoms with Crippen LogP contribution in [0.2, 0.25) is 0 Å². The van der Waals surface area contributed by atoms with Crippen LogP contribution in [0.25, 0.3) is 0 Å². The van der Waals surface area contributed by atoms with Gasteiger partial charge in [-0.15, -0.1) is 0 Å². The standard InChI is InChI=1S/C11H20N4O/c1-9(4-3-5-12)11(16)15(2)8-10-6-13-14-7-10/h6-7,9H,3-5,8,12H2,1-2H3,(H,13,14). The summed E-state index contributed by atoms with van der Waals surface area (Å²) in [4.78, 5) is 13.7. The number of hydrogen-bond donors (Lipinski definition) is 2. The van der Waals surface area contributed by atoms with Gasteiger partial charge in [-0.25, -0.2) is 0 Å². The van der Waals surface area contributed by atoms with E-state index in [1.165, 1.54) is 0 Å². The Morgan fingerprint density at radius 3 is 3.00 bits per heavy atom. The van der Waals surface area contributed by atoms with E-state index >= 15 is 0 Å². The van der Waals surface area contributed by atoms with Crippen molar-refractivity contribution >= 4 is 5.91 Å². The van der Waals surface area contributed by atoms with Crippen LogP contribution in [-0.4, -0.2) is 34.6 Å². The maximum Gasteiger partial charge on any atom is 0.225 e. The average molecular weight is 224 g/mol. The molecule has 3 N–H and O–H groups in total. The summed E-state index contributed by atoms with van der Waals surface area (Å²) in [5.74, 6) is 0.204. The predicted octanol–water partition coefficient (Wildman–Crippen LogP) is 0.743. The van der Waals surface area contributed by atoms with E-state index in [0.29, 0.717) is 13.1 Å². The number of nitrogens with two attached hydrogens (primary N) is 1. The fraction of sp³-hybridized carbons (Fsp3) is 0.636. The van der Waals surface area contributed by atoms with Crippen molar-refractivity contribution in [3.05, 3.63) is 18.0 Å². The third-order valence-corrected chi connectivity index (χ3v) is 2.61. The second-order valence-electron chi connectivity index (χ2n) is 4.13. The highest BCUT2D eigenvalue weighted by atomic mass is 16.2. The topological polar surface area (TPSA) is 75.0 Å². The monoisotopic (exact) mass is 224 g/mol. The van der Waals surface area contributed by atoms with Gasteiger partial charge in [-0.1, -0.05) is 6.92 Å². The second kappa shape index (κ2) is 6.27. The molecule has 0 saturated heterocycles. The highest BCUT2D eigenvalue weighted by Crippen LogP contribution is 2.10. The van der Waals surface area contributed by atoms with Crippen molar-refractivity contribution in [2.45, 2.75) is 26.3 Å². The molecule has 1 amide bonds. The van der Waals surface area contributed by atoms with Crippen LogP contribution in [-0.2, 0) is 11.3 Å². The molecule has 0 aliphatic heterocycles. The first-order chi connectivity index (χ1) is 7.65. The van der Waals surface area contributed by atoms with E-state index in [2.05, 4.69) is 10.2 Å². The molecule has 0 spiro atoms. The maximum atomic E-state index is 11.9. The van der Waals surface area contributed by atoms with E-state index in [0.717, 1.165) is 18.4 Å². The number of hydrogen-bond acceptors (Lipinski definition) is 3. The van der Waals surface area contributed by atoms with Gasteiger partial charge in [-0.2, -0.15) is 5.10 Å². The van der Waals surface area contributed by atoms with Crippen molar-refractivity contribution in [2.75, 3.05) is 13.6 Å². The molecule has 1 aromatic heterocycles. The number of amides is 1. The third-order valence-electron chi connectivity index (χ3n) is 2.61. The number of nitrogens with one attached hydrogen (secondary N) is 1. The highest BCUT2D eigenvalue weighted by molar-refractivity contribution is 5.78. The summed E-state index contributed by atoms with van der Waals surface area (Å²) in [5, 5.41) is 6.58. The van der Waals surface area contributed by atoms with Gasteiger partial charge in [0, 0.05) is 31.3 Å². The predicted molar refractivity (Wildman–Crippen MR) is 62.5 cm³/mol. The Morgan fingerprint density at radius 2 is 2.44 bits per heavy atom.